The summed E-state index contributed by atoms with van der Waals surface area (Å²) in [7, 11) is -3.87. The Labute approximate surface area is 93.1 Å². The van der Waals surface area contributed by atoms with E-state index in [9.17, 15) is 12.8 Å². The maximum Gasteiger partial charge on any atom is 0.242 e. The normalized spacial score (nSPS) is 10.8. The zero-order valence-electron chi connectivity index (χ0n) is 8.27. The molecular formula is C10H9FN2O2S. The van der Waals surface area contributed by atoms with Gasteiger partial charge in [-0.25, -0.2) is 17.5 Å². The van der Waals surface area contributed by atoms with Gasteiger partial charge < -0.3 is 0 Å². The van der Waals surface area contributed by atoms with Crippen molar-refractivity contribution in [2.75, 3.05) is 6.54 Å². The molecule has 0 unspecified atom stereocenters. The SMILES string of the molecule is C=CCNS(=O)(=O)c1cccc(F)c1C#N. The van der Waals surface area contributed by atoms with E-state index < -0.39 is 21.4 Å². The molecule has 16 heavy (non-hydrogen) atoms. The smallest absolute Gasteiger partial charge is 0.207 e. The van der Waals surface area contributed by atoms with Gasteiger partial charge in [0.05, 0.1) is 0 Å². The van der Waals surface area contributed by atoms with Crippen molar-refractivity contribution in [2.45, 2.75) is 4.90 Å². The molecule has 1 rings (SSSR count). The Kier molecular flexibility index (Phi) is 3.77. The molecule has 0 aliphatic heterocycles. The van der Waals surface area contributed by atoms with Gasteiger partial charge in [0.15, 0.2) is 0 Å². The minimum atomic E-state index is -3.87. The number of hydrogen-bond donors (Lipinski definition) is 1. The Morgan fingerprint density at radius 2 is 2.25 bits per heavy atom. The summed E-state index contributed by atoms with van der Waals surface area (Å²) >= 11 is 0. The number of benzene rings is 1. The standard InChI is InChI=1S/C10H9FN2O2S/c1-2-6-13-16(14,15)10-5-3-4-9(11)8(10)7-12/h2-5,13H,1,6H2. The molecule has 0 saturated carbocycles. The molecule has 1 aromatic rings. The maximum absolute atomic E-state index is 13.2. The maximum atomic E-state index is 13.2. The molecular weight excluding hydrogens is 231 g/mol. The van der Waals surface area contributed by atoms with E-state index in [2.05, 4.69) is 11.3 Å². The molecule has 0 bridgehead atoms. The fourth-order valence-electron chi connectivity index (χ4n) is 1.08. The van der Waals surface area contributed by atoms with Crippen molar-refractivity contribution in [3.05, 3.63) is 42.2 Å². The highest BCUT2D eigenvalue weighted by Gasteiger charge is 2.19. The lowest BCUT2D eigenvalue weighted by Crippen LogP contribution is -2.24. The van der Waals surface area contributed by atoms with Crippen LogP contribution in [0.1, 0.15) is 5.56 Å². The molecule has 0 heterocycles. The van der Waals surface area contributed by atoms with Crippen molar-refractivity contribution in [2.24, 2.45) is 0 Å². The van der Waals surface area contributed by atoms with E-state index in [1.54, 1.807) is 0 Å². The fourth-order valence-corrected chi connectivity index (χ4v) is 2.25. The van der Waals surface area contributed by atoms with E-state index in [1.165, 1.54) is 24.3 Å². The summed E-state index contributed by atoms with van der Waals surface area (Å²) in [5.41, 5.74) is -0.487. The molecule has 0 amide bonds. The number of nitrogens with zero attached hydrogens (tertiary/aromatic N) is 1. The van der Waals surface area contributed by atoms with Crippen molar-refractivity contribution in [1.29, 1.82) is 5.26 Å². The Hall–Kier alpha value is -1.71. The van der Waals surface area contributed by atoms with Gasteiger partial charge in [0, 0.05) is 6.54 Å². The van der Waals surface area contributed by atoms with Crippen LogP contribution >= 0.6 is 0 Å². The van der Waals surface area contributed by atoms with E-state index in [4.69, 9.17) is 5.26 Å². The van der Waals surface area contributed by atoms with Crippen LogP contribution in [0.15, 0.2) is 35.7 Å². The van der Waals surface area contributed by atoms with E-state index in [-0.39, 0.29) is 11.4 Å². The molecule has 0 radical (unpaired) electrons. The van der Waals surface area contributed by atoms with E-state index in [0.717, 1.165) is 6.07 Å². The van der Waals surface area contributed by atoms with Gasteiger partial charge in [-0.1, -0.05) is 12.1 Å². The Balaban J connectivity index is 3.29. The third-order valence-electron chi connectivity index (χ3n) is 1.79. The zero-order chi connectivity index (χ0) is 12.2. The van der Waals surface area contributed by atoms with E-state index >= 15 is 0 Å². The molecule has 0 aliphatic carbocycles. The van der Waals surface area contributed by atoms with Crippen LogP contribution < -0.4 is 4.72 Å². The Morgan fingerprint density at radius 1 is 1.56 bits per heavy atom. The van der Waals surface area contributed by atoms with Gasteiger partial charge >= 0.3 is 0 Å². The molecule has 0 aliphatic rings. The quantitative estimate of drug-likeness (QED) is 0.803. The Bertz CT molecular complexity index is 546. The van der Waals surface area contributed by atoms with Crippen LogP contribution in [-0.2, 0) is 10.0 Å². The van der Waals surface area contributed by atoms with Gasteiger partial charge in [0.2, 0.25) is 10.0 Å². The minimum absolute atomic E-state index is 0.0176. The predicted octanol–water partition coefficient (Wildman–Crippen LogP) is 1.16. The predicted molar refractivity (Wildman–Crippen MR) is 56.5 cm³/mol. The summed E-state index contributed by atoms with van der Waals surface area (Å²) < 4.78 is 38.6. The van der Waals surface area contributed by atoms with Crippen LogP contribution in [-0.4, -0.2) is 15.0 Å². The molecule has 0 saturated heterocycles. The molecule has 6 heteroatoms. The molecule has 1 N–H and O–H groups in total. The molecule has 1 aromatic carbocycles. The van der Waals surface area contributed by atoms with Gasteiger partial charge in [-0.2, -0.15) is 5.26 Å². The van der Waals surface area contributed by atoms with Gasteiger partial charge in [-0.05, 0) is 12.1 Å². The van der Waals surface area contributed by atoms with Crippen molar-refractivity contribution in [3.63, 3.8) is 0 Å². The summed E-state index contributed by atoms with van der Waals surface area (Å²) in [6.45, 7) is 3.37. The van der Waals surface area contributed by atoms with Gasteiger partial charge in [0.1, 0.15) is 22.3 Å². The highest BCUT2D eigenvalue weighted by molar-refractivity contribution is 7.89. The van der Waals surface area contributed by atoms with Crippen molar-refractivity contribution in [1.82, 2.24) is 4.72 Å². The molecule has 0 aromatic heterocycles. The number of nitrogens with one attached hydrogen (secondary N) is 1. The summed E-state index contributed by atoms with van der Waals surface area (Å²) in [4.78, 5) is -0.364. The van der Waals surface area contributed by atoms with E-state index in [1.807, 2.05) is 0 Å². The highest BCUT2D eigenvalue weighted by atomic mass is 32.2. The van der Waals surface area contributed by atoms with Crippen LogP contribution in [0.4, 0.5) is 4.39 Å². The number of sulfonamides is 1. The van der Waals surface area contributed by atoms with Crippen LogP contribution in [0.5, 0.6) is 0 Å². The van der Waals surface area contributed by atoms with E-state index in [0.29, 0.717) is 0 Å². The van der Waals surface area contributed by atoms with Crippen LogP contribution in [0.3, 0.4) is 0 Å². The molecule has 4 nitrogen and oxygen atoms in total. The lowest BCUT2D eigenvalue weighted by atomic mass is 10.2. The summed E-state index contributed by atoms with van der Waals surface area (Å²) in [5, 5.41) is 8.69. The van der Waals surface area contributed by atoms with Crippen LogP contribution in [0.2, 0.25) is 0 Å². The number of nitriles is 1. The van der Waals surface area contributed by atoms with Crippen molar-refractivity contribution in [3.8, 4) is 6.07 Å². The molecule has 0 atom stereocenters. The van der Waals surface area contributed by atoms with Crippen LogP contribution in [0, 0.1) is 17.1 Å². The average Bonchev–Trinajstić information content (AvgIpc) is 2.26. The molecule has 0 fully saturated rings. The first-order valence-corrected chi connectivity index (χ1v) is 5.80. The monoisotopic (exact) mass is 240 g/mol. The first kappa shape index (κ1) is 12.4. The molecule has 0 spiro atoms. The number of hydrogen-bond acceptors (Lipinski definition) is 3. The van der Waals surface area contributed by atoms with Gasteiger partial charge in [-0.15, -0.1) is 6.58 Å². The van der Waals surface area contributed by atoms with Gasteiger partial charge in [-0.3, -0.25) is 0 Å². The number of rotatable bonds is 4. The second kappa shape index (κ2) is 4.88. The first-order chi connectivity index (χ1) is 7.53. The fraction of sp³-hybridized carbons (Fsp3) is 0.100. The second-order valence-corrected chi connectivity index (χ2v) is 4.60. The summed E-state index contributed by atoms with van der Waals surface area (Å²) in [6.07, 6.45) is 1.35. The third-order valence-corrected chi connectivity index (χ3v) is 3.26. The Morgan fingerprint density at radius 3 is 2.81 bits per heavy atom. The van der Waals surface area contributed by atoms with Crippen LogP contribution in [0.25, 0.3) is 0 Å². The highest BCUT2D eigenvalue weighted by Crippen LogP contribution is 2.17. The van der Waals surface area contributed by atoms with Crippen molar-refractivity contribution >= 4 is 10.0 Å². The molecule has 84 valence electrons. The average molecular weight is 240 g/mol. The summed E-state index contributed by atoms with van der Waals surface area (Å²) in [6, 6.07) is 4.97. The third kappa shape index (κ3) is 2.45. The topological polar surface area (TPSA) is 70.0 Å². The van der Waals surface area contributed by atoms with Gasteiger partial charge in [0.25, 0.3) is 0 Å². The first-order valence-electron chi connectivity index (χ1n) is 4.32. The largest absolute Gasteiger partial charge is 0.242 e. The zero-order valence-corrected chi connectivity index (χ0v) is 9.09. The lowest BCUT2D eigenvalue weighted by Gasteiger charge is -2.06. The lowest BCUT2D eigenvalue weighted by molar-refractivity contribution is 0.580. The van der Waals surface area contributed by atoms with Crippen molar-refractivity contribution < 1.29 is 12.8 Å². The minimum Gasteiger partial charge on any atom is -0.207 e. The second-order valence-electron chi connectivity index (χ2n) is 2.87. The number of halogens is 1. The summed E-state index contributed by atoms with van der Waals surface area (Å²) in [5.74, 6) is -0.857.